The van der Waals surface area contributed by atoms with Crippen LogP contribution in [-0.4, -0.2) is 80.6 Å². The van der Waals surface area contributed by atoms with Gasteiger partial charge >= 0.3 is 5.97 Å². The van der Waals surface area contributed by atoms with E-state index >= 15 is 0 Å². The van der Waals surface area contributed by atoms with E-state index in [0.29, 0.717) is 41.5 Å². The SMILES string of the molecule is C=C[C@@H]1C[C@]1(CC(=O)[C@@H]1C[C@@H](Oc2cc(-c3csc(CC(C)C)n3)nc3cc(OC)ccc23)CN1C(=O)[C@@H](CC(=O)OC1CCCC1)C(C)(C)C)P(=O)(O)CCCC. The van der Waals surface area contributed by atoms with Crippen LogP contribution < -0.4 is 9.47 Å². The van der Waals surface area contributed by atoms with E-state index in [9.17, 15) is 23.8 Å². The molecule has 6 atom stereocenters. The molecular formula is C45H62N3O8PS. The van der Waals surface area contributed by atoms with Crippen LogP contribution >= 0.6 is 18.7 Å². The summed E-state index contributed by atoms with van der Waals surface area (Å²) in [5.74, 6) is -0.437. The third kappa shape index (κ3) is 9.71. The van der Waals surface area contributed by atoms with Gasteiger partial charge in [-0.25, -0.2) is 9.97 Å². The van der Waals surface area contributed by atoms with Crippen molar-refractivity contribution in [2.45, 2.75) is 136 Å². The smallest absolute Gasteiger partial charge is 0.306 e. The van der Waals surface area contributed by atoms with Crippen molar-refractivity contribution < 1.29 is 38.1 Å². The summed E-state index contributed by atoms with van der Waals surface area (Å²) in [4.78, 5) is 65.8. The zero-order chi connectivity index (χ0) is 42.0. The van der Waals surface area contributed by atoms with E-state index in [2.05, 4.69) is 20.4 Å². The third-order valence-electron chi connectivity index (χ3n) is 12.3. The Morgan fingerprint density at radius 2 is 1.86 bits per heavy atom. The molecule has 58 heavy (non-hydrogen) atoms. The van der Waals surface area contributed by atoms with Crippen molar-refractivity contribution in [3.8, 4) is 22.9 Å². The number of pyridine rings is 1. The van der Waals surface area contributed by atoms with E-state index in [4.69, 9.17) is 24.2 Å². The fraction of sp³-hybridized carbons (Fsp3) is 0.622. The van der Waals surface area contributed by atoms with Crippen LogP contribution in [0.5, 0.6) is 11.5 Å². The van der Waals surface area contributed by atoms with Crippen LogP contribution in [0.4, 0.5) is 0 Å². The molecule has 1 saturated heterocycles. The number of Topliss-reactive ketones (excluding diaryl/α,β-unsaturated/α-hetero) is 1. The lowest BCUT2D eigenvalue weighted by atomic mass is 9.77. The Labute approximate surface area is 347 Å². The lowest BCUT2D eigenvalue weighted by Gasteiger charge is -2.35. The van der Waals surface area contributed by atoms with Crippen LogP contribution in [0.1, 0.15) is 111 Å². The molecule has 0 bridgehead atoms. The van der Waals surface area contributed by atoms with Gasteiger partial charge in [-0.15, -0.1) is 17.9 Å². The highest BCUT2D eigenvalue weighted by molar-refractivity contribution is 7.60. The highest BCUT2D eigenvalue weighted by Crippen LogP contribution is 2.73. The summed E-state index contributed by atoms with van der Waals surface area (Å²) < 4.78 is 32.2. The van der Waals surface area contributed by atoms with Crippen LogP contribution in [-0.2, 0) is 30.1 Å². The minimum atomic E-state index is -3.75. The Morgan fingerprint density at radius 3 is 2.50 bits per heavy atom. The molecule has 1 aliphatic heterocycles. The number of ketones is 1. The maximum atomic E-state index is 14.9. The first kappa shape index (κ1) is 44.0. The van der Waals surface area contributed by atoms with Crippen molar-refractivity contribution in [1.29, 1.82) is 0 Å². The molecule has 3 aromatic rings. The fourth-order valence-electron chi connectivity index (χ4n) is 8.75. The number of likely N-dealkylation sites (tertiary alicyclic amines) is 1. The number of hydrogen-bond acceptors (Lipinski definition) is 10. The van der Waals surface area contributed by atoms with Gasteiger partial charge in [0.15, 0.2) is 5.78 Å². The number of thiazole rings is 1. The number of ether oxygens (including phenoxy) is 3. The molecule has 3 aliphatic rings. The van der Waals surface area contributed by atoms with Gasteiger partial charge in [0.2, 0.25) is 13.3 Å². The number of aromatic nitrogens is 2. The predicted octanol–water partition coefficient (Wildman–Crippen LogP) is 9.43. The molecule has 13 heteroatoms. The molecule has 0 spiro atoms. The van der Waals surface area contributed by atoms with E-state index in [0.717, 1.165) is 54.6 Å². The molecule has 6 rings (SSSR count). The Hall–Kier alpha value is -3.60. The molecule has 2 aliphatic carbocycles. The normalized spacial score (nSPS) is 23.8. The van der Waals surface area contributed by atoms with Gasteiger partial charge < -0.3 is 24.0 Å². The minimum Gasteiger partial charge on any atom is -0.497 e. The summed E-state index contributed by atoms with van der Waals surface area (Å²) in [5, 5.41) is 2.65. The molecule has 11 nitrogen and oxygen atoms in total. The summed E-state index contributed by atoms with van der Waals surface area (Å²) in [6.07, 6.45) is 7.26. The average Bonchev–Trinajstić information content (AvgIpc) is 3.57. The topological polar surface area (TPSA) is 145 Å². The minimum absolute atomic E-state index is 0.0918. The Morgan fingerprint density at radius 1 is 1.12 bits per heavy atom. The van der Waals surface area contributed by atoms with E-state index in [1.165, 1.54) is 0 Å². The Bertz CT molecular complexity index is 2040. The van der Waals surface area contributed by atoms with Crippen molar-refractivity contribution in [3.05, 3.63) is 47.3 Å². The molecular weight excluding hydrogens is 774 g/mol. The summed E-state index contributed by atoms with van der Waals surface area (Å²) >= 11 is 1.59. The maximum absolute atomic E-state index is 14.9. The number of carbonyl (C=O) groups is 3. The Kier molecular flexibility index (Phi) is 13.6. The molecule has 1 N–H and O–H groups in total. The molecule has 0 radical (unpaired) electrons. The molecule has 1 unspecified atom stereocenters. The van der Waals surface area contributed by atoms with Crippen LogP contribution in [0.2, 0.25) is 0 Å². The zero-order valence-corrected chi connectivity index (χ0v) is 37.0. The van der Waals surface area contributed by atoms with Crippen molar-refractivity contribution >= 4 is 47.3 Å². The molecule has 2 aromatic heterocycles. The number of methoxy groups -OCH3 is 1. The standard InChI is InChI=1S/C45H62N3O8PS/c1-9-11-18-57(52,53)45(24-29(45)10-2)25-39(49)38-21-32(26-48(38)43(51)34(44(5,6)7)22-42(50)56-30-14-12-13-15-30)55-40-23-36(37-27-58-41(47-37)19-28(3)4)46-35-20-31(54-8)16-17-33(35)40/h10,16-17,20,23,27-30,32,34,38H,2,9,11-15,18-19,21-22,24-26H2,1,3-8H3,(H,52,53)/t29-,32-,34-,38+,45-/m1/s1. The first-order valence-corrected chi connectivity index (χ1v) is 23.8. The lowest BCUT2D eigenvalue weighted by molar-refractivity contribution is -0.156. The van der Waals surface area contributed by atoms with Crippen LogP contribution in [0.15, 0.2) is 42.3 Å². The largest absolute Gasteiger partial charge is 0.497 e. The Balaban J connectivity index is 1.34. The second kappa shape index (κ2) is 17.9. The predicted molar refractivity (Wildman–Crippen MR) is 229 cm³/mol. The van der Waals surface area contributed by atoms with E-state index in [1.807, 2.05) is 57.3 Å². The molecule has 3 heterocycles. The third-order valence-corrected chi connectivity index (χ3v) is 16.1. The van der Waals surface area contributed by atoms with Gasteiger partial charge in [0.25, 0.3) is 0 Å². The van der Waals surface area contributed by atoms with E-state index in [-0.39, 0.29) is 55.7 Å². The zero-order valence-electron chi connectivity index (χ0n) is 35.3. The number of rotatable bonds is 18. The van der Waals surface area contributed by atoms with E-state index < -0.39 is 42.0 Å². The van der Waals surface area contributed by atoms with Crippen molar-refractivity contribution in [1.82, 2.24) is 14.9 Å². The first-order chi connectivity index (χ1) is 27.5. The average molecular weight is 836 g/mol. The number of amides is 1. The number of unbranched alkanes of at least 4 members (excludes halogenated alkanes) is 1. The van der Waals surface area contributed by atoms with Crippen molar-refractivity contribution in [2.75, 3.05) is 19.8 Å². The number of esters is 1. The molecule has 316 valence electrons. The summed E-state index contributed by atoms with van der Waals surface area (Å²) in [7, 11) is -2.14. The van der Waals surface area contributed by atoms with Crippen molar-refractivity contribution in [3.63, 3.8) is 0 Å². The number of carbonyl (C=O) groups excluding carboxylic acids is 3. The summed E-state index contributed by atoms with van der Waals surface area (Å²) in [6.45, 7) is 16.1. The molecule has 3 fully saturated rings. The van der Waals surface area contributed by atoms with Crippen molar-refractivity contribution in [2.24, 2.45) is 23.2 Å². The molecule has 1 aromatic carbocycles. The molecule has 1 amide bonds. The van der Waals surface area contributed by atoms with Crippen LogP contribution in [0.25, 0.3) is 22.3 Å². The van der Waals surface area contributed by atoms with Gasteiger partial charge in [-0.2, -0.15) is 0 Å². The number of benzene rings is 1. The maximum Gasteiger partial charge on any atom is 0.306 e. The van der Waals surface area contributed by atoms with Gasteiger partial charge in [-0.1, -0.05) is 54.0 Å². The number of allylic oxidation sites excluding steroid dienone is 1. The highest BCUT2D eigenvalue weighted by atomic mass is 32.1. The summed E-state index contributed by atoms with van der Waals surface area (Å²) in [5.41, 5.74) is 1.37. The lowest BCUT2D eigenvalue weighted by Crippen LogP contribution is -2.48. The van der Waals surface area contributed by atoms with Gasteiger partial charge in [-0.05, 0) is 67.9 Å². The summed E-state index contributed by atoms with van der Waals surface area (Å²) in [6, 6.07) is 6.52. The van der Waals surface area contributed by atoms with Gasteiger partial charge in [0.05, 0.1) is 59.1 Å². The number of fused-ring (bicyclic) bond motifs is 1. The van der Waals surface area contributed by atoms with Gasteiger partial charge in [0, 0.05) is 48.3 Å². The highest BCUT2D eigenvalue weighted by Gasteiger charge is 2.65. The monoisotopic (exact) mass is 835 g/mol. The second-order valence-electron chi connectivity index (χ2n) is 18.2. The second-order valence-corrected chi connectivity index (χ2v) is 21.9. The number of hydrogen-bond donors (Lipinski definition) is 1. The van der Waals surface area contributed by atoms with Crippen LogP contribution in [0, 0.1) is 23.2 Å². The van der Waals surface area contributed by atoms with Gasteiger partial charge in [-0.3, -0.25) is 18.9 Å². The van der Waals surface area contributed by atoms with Gasteiger partial charge in [0.1, 0.15) is 23.7 Å². The van der Waals surface area contributed by atoms with Crippen LogP contribution in [0.3, 0.4) is 0 Å². The quantitative estimate of drug-likeness (QED) is 0.0747. The fourth-order valence-corrected chi connectivity index (χ4v) is 12.5. The number of nitrogens with zero attached hydrogens (tertiary/aromatic N) is 3. The molecule has 2 saturated carbocycles. The first-order valence-electron chi connectivity index (χ1n) is 21.1. The van der Waals surface area contributed by atoms with E-state index in [1.54, 1.807) is 29.4 Å².